The minimum Gasteiger partial charge on any atom is -0.253 e. The maximum Gasteiger partial charge on any atom is 0.0669 e. The zero-order valence-electron chi connectivity index (χ0n) is 9.81. The van der Waals surface area contributed by atoms with Gasteiger partial charge in [-0.15, -0.1) is 0 Å². The van der Waals surface area contributed by atoms with E-state index < -0.39 is 0 Å². The Morgan fingerprint density at radius 3 is 2.56 bits per heavy atom. The highest BCUT2D eigenvalue weighted by atomic mass is 35.5. The number of hydrogen-bond donors (Lipinski definition) is 0. The minimum atomic E-state index is 0.768. The highest BCUT2D eigenvalue weighted by Gasteiger charge is 2.10. The maximum absolute atomic E-state index is 6.11. The molecule has 0 amide bonds. The third-order valence-corrected chi connectivity index (χ3v) is 3.33. The van der Waals surface area contributed by atoms with Crippen LogP contribution in [0.3, 0.4) is 0 Å². The summed E-state index contributed by atoms with van der Waals surface area (Å²) in [4.78, 5) is 4.58. The van der Waals surface area contributed by atoms with Gasteiger partial charge in [0.1, 0.15) is 0 Å². The van der Waals surface area contributed by atoms with Gasteiger partial charge in [-0.1, -0.05) is 54.1 Å². The predicted octanol–water partition coefficient (Wildman–Crippen LogP) is 4.68. The topological polar surface area (TPSA) is 12.4 Å². The summed E-state index contributed by atoms with van der Waals surface area (Å²) in [6.45, 7) is 0. The molecule has 0 aliphatic carbocycles. The second-order valence-electron chi connectivity index (χ2n) is 4.26. The Morgan fingerprint density at radius 2 is 1.72 bits per heavy atom. The van der Waals surface area contributed by atoms with Crippen molar-refractivity contribution in [3.63, 3.8) is 0 Å². The van der Waals surface area contributed by atoms with Crippen molar-refractivity contribution in [2.75, 3.05) is 0 Å². The largest absolute Gasteiger partial charge is 0.253 e. The Bertz CT molecular complexity index is 641. The van der Waals surface area contributed by atoms with Gasteiger partial charge in [0, 0.05) is 17.2 Å². The van der Waals surface area contributed by atoms with E-state index in [1.807, 2.05) is 48.6 Å². The number of para-hydroxylation sites is 1. The van der Waals surface area contributed by atoms with Crippen LogP contribution in [0.1, 0.15) is 11.1 Å². The molecule has 2 heteroatoms. The molecule has 1 nitrogen and oxygen atoms in total. The van der Waals surface area contributed by atoms with E-state index in [1.54, 1.807) is 0 Å². The number of aliphatic imine (C=N–C) groups is 1. The SMILES string of the molecule is Clc1ccccc1/C=C/C1=Nc2ccccc2C1. The van der Waals surface area contributed by atoms with Gasteiger partial charge >= 0.3 is 0 Å². The van der Waals surface area contributed by atoms with Crippen molar-refractivity contribution in [3.05, 3.63) is 70.8 Å². The van der Waals surface area contributed by atoms with Crippen LogP contribution >= 0.6 is 11.6 Å². The van der Waals surface area contributed by atoms with Crippen molar-refractivity contribution >= 4 is 29.1 Å². The molecule has 2 aromatic rings. The van der Waals surface area contributed by atoms with E-state index in [2.05, 4.69) is 17.1 Å². The molecule has 0 N–H and O–H groups in total. The van der Waals surface area contributed by atoms with Crippen LogP contribution in [0.5, 0.6) is 0 Å². The van der Waals surface area contributed by atoms with E-state index in [0.29, 0.717) is 0 Å². The summed E-state index contributed by atoms with van der Waals surface area (Å²) in [6.07, 6.45) is 4.96. The van der Waals surface area contributed by atoms with Crippen molar-refractivity contribution < 1.29 is 0 Å². The van der Waals surface area contributed by atoms with E-state index in [4.69, 9.17) is 11.6 Å². The van der Waals surface area contributed by atoms with E-state index in [1.165, 1.54) is 5.56 Å². The number of benzene rings is 2. The first kappa shape index (κ1) is 11.2. The first-order valence-electron chi connectivity index (χ1n) is 5.91. The van der Waals surface area contributed by atoms with Gasteiger partial charge in [-0.2, -0.15) is 0 Å². The first-order valence-corrected chi connectivity index (χ1v) is 6.29. The molecule has 0 saturated carbocycles. The average Bonchev–Trinajstić information content (AvgIpc) is 2.80. The van der Waals surface area contributed by atoms with Crippen LogP contribution < -0.4 is 0 Å². The lowest BCUT2D eigenvalue weighted by atomic mass is 10.1. The molecule has 0 bridgehead atoms. The van der Waals surface area contributed by atoms with Gasteiger partial charge in [0.15, 0.2) is 0 Å². The standard InChI is InChI=1S/C16H12ClN/c17-15-7-3-1-5-12(15)9-10-14-11-13-6-2-4-8-16(13)18-14/h1-10H,11H2/b10-9+. The molecule has 18 heavy (non-hydrogen) atoms. The molecule has 3 rings (SSSR count). The van der Waals surface area contributed by atoms with Gasteiger partial charge < -0.3 is 0 Å². The van der Waals surface area contributed by atoms with Crippen LogP contribution in [0.15, 0.2) is 59.6 Å². The molecule has 88 valence electrons. The van der Waals surface area contributed by atoms with Gasteiger partial charge in [0.2, 0.25) is 0 Å². The molecule has 0 unspecified atom stereocenters. The summed E-state index contributed by atoms with van der Waals surface area (Å²) in [5.41, 5.74) is 4.47. The summed E-state index contributed by atoms with van der Waals surface area (Å²) in [5, 5.41) is 0.768. The summed E-state index contributed by atoms with van der Waals surface area (Å²) in [5.74, 6) is 0. The lowest BCUT2D eigenvalue weighted by Gasteiger charge is -1.96. The van der Waals surface area contributed by atoms with Crippen molar-refractivity contribution in [1.29, 1.82) is 0 Å². The number of nitrogens with zero attached hydrogens (tertiary/aromatic N) is 1. The van der Waals surface area contributed by atoms with Crippen molar-refractivity contribution in [2.45, 2.75) is 6.42 Å². The Kier molecular flexibility index (Phi) is 2.99. The lowest BCUT2D eigenvalue weighted by molar-refractivity contribution is 1.40. The molecule has 1 aliphatic heterocycles. The number of hydrogen-bond acceptors (Lipinski definition) is 1. The van der Waals surface area contributed by atoms with Gasteiger partial charge in [-0.05, 0) is 29.3 Å². The monoisotopic (exact) mass is 253 g/mol. The first-order chi connectivity index (χ1) is 8.83. The Balaban J connectivity index is 1.82. The molecular weight excluding hydrogens is 242 g/mol. The Labute approximate surface area is 111 Å². The maximum atomic E-state index is 6.11. The van der Waals surface area contributed by atoms with Gasteiger partial charge in [-0.3, -0.25) is 4.99 Å². The number of rotatable bonds is 2. The zero-order chi connectivity index (χ0) is 12.4. The third kappa shape index (κ3) is 2.22. The molecule has 0 atom stereocenters. The van der Waals surface area contributed by atoms with Gasteiger partial charge in [0.05, 0.1) is 5.69 Å². The highest BCUT2D eigenvalue weighted by molar-refractivity contribution is 6.32. The van der Waals surface area contributed by atoms with Crippen molar-refractivity contribution in [3.8, 4) is 0 Å². The fraction of sp³-hybridized carbons (Fsp3) is 0.0625. The summed E-state index contributed by atoms with van der Waals surface area (Å²) in [6, 6.07) is 16.0. The van der Waals surface area contributed by atoms with Gasteiger partial charge in [-0.25, -0.2) is 0 Å². The third-order valence-electron chi connectivity index (χ3n) is 2.99. The fourth-order valence-corrected chi connectivity index (χ4v) is 2.25. The summed E-state index contributed by atoms with van der Waals surface area (Å²) in [7, 11) is 0. The molecule has 0 spiro atoms. The number of halogens is 1. The lowest BCUT2D eigenvalue weighted by Crippen LogP contribution is -1.91. The van der Waals surface area contributed by atoms with E-state index in [9.17, 15) is 0 Å². The molecule has 1 aliphatic rings. The predicted molar refractivity (Wildman–Crippen MR) is 77.7 cm³/mol. The molecule has 0 saturated heterocycles. The number of allylic oxidation sites excluding steroid dienone is 1. The second kappa shape index (κ2) is 4.79. The molecule has 2 aromatic carbocycles. The van der Waals surface area contributed by atoms with Crippen LogP contribution in [-0.2, 0) is 6.42 Å². The smallest absolute Gasteiger partial charge is 0.0669 e. The van der Waals surface area contributed by atoms with Crippen LogP contribution in [-0.4, -0.2) is 5.71 Å². The minimum absolute atomic E-state index is 0.768. The molecule has 1 heterocycles. The highest BCUT2D eigenvalue weighted by Crippen LogP contribution is 2.26. The summed E-state index contributed by atoms with van der Waals surface area (Å²) >= 11 is 6.11. The summed E-state index contributed by atoms with van der Waals surface area (Å²) < 4.78 is 0. The fourth-order valence-electron chi connectivity index (χ4n) is 2.05. The van der Waals surface area contributed by atoms with E-state index in [-0.39, 0.29) is 0 Å². The van der Waals surface area contributed by atoms with E-state index >= 15 is 0 Å². The van der Waals surface area contributed by atoms with Crippen LogP contribution in [0.25, 0.3) is 6.08 Å². The quantitative estimate of drug-likeness (QED) is 0.737. The Hall–Kier alpha value is -1.86. The average molecular weight is 254 g/mol. The van der Waals surface area contributed by atoms with Crippen molar-refractivity contribution in [1.82, 2.24) is 0 Å². The van der Waals surface area contributed by atoms with Gasteiger partial charge in [0.25, 0.3) is 0 Å². The Morgan fingerprint density at radius 1 is 0.944 bits per heavy atom. The zero-order valence-corrected chi connectivity index (χ0v) is 10.6. The van der Waals surface area contributed by atoms with Crippen LogP contribution in [0.2, 0.25) is 5.02 Å². The van der Waals surface area contributed by atoms with Crippen LogP contribution in [0, 0.1) is 0 Å². The van der Waals surface area contributed by atoms with Crippen LogP contribution in [0.4, 0.5) is 5.69 Å². The molecular formula is C16H12ClN. The molecule has 0 radical (unpaired) electrons. The number of fused-ring (bicyclic) bond motifs is 1. The van der Waals surface area contributed by atoms with E-state index in [0.717, 1.165) is 28.4 Å². The van der Waals surface area contributed by atoms with Crippen molar-refractivity contribution in [2.24, 2.45) is 4.99 Å². The normalized spacial score (nSPS) is 13.7. The molecule has 0 fully saturated rings. The molecule has 0 aromatic heterocycles. The second-order valence-corrected chi connectivity index (χ2v) is 4.67.